The molecule has 0 aliphatic heterocycles. The Morgan fingerprint density at radius 3 is 2.38 bits per heavy atom. The van der Waals surface area contributed by atoms with Gasteiger partial charge < -0.3 is 4.74 Å². The van der Waals surface area contributed by atoms with E-state index in [0.29, 0.717) is 0 Å². The van der Waals surface area contributed by atoms with Crippen LogP contribution in [0.4, 0.5) is 18.0 Å². The predicted octanol–water partition coefficient (Wildman–Crippen LogP) is 0.0608. The van der Waals surface area contributed by atoms with Crippen molar-refractivity contribution in [2.75, 3.05) is 13.2 Å². The Hall–Kier alpha value is -1.07. The lowest BCUT2D eigenvalue weighted by Gasteiger charge is -2.09. The summed E-state index contributed by atoms with van der Waals surface area (Å²) in [4.78, 5) is 15.2. The molecule has 0 atom stereocenters. The van der Waals surface area contributed by atoms with Gasteiger partial charge in [0, 0.05) is 0 Å². The van der Waals surface area contributed by atoms with Crippen LogP contribution in [0.1, 0.15) is 6.92 Å². The molecule has 0 aromatic carbocycles. The summed E-state index contributed by atoms with van der Waals surface area (Å²) in [6.45, 7) is -0.499. The van der Waals surface area contributed by atoms with Gasteiger partial charge in [0.05, 0.1) is 6.61 Å². The number of rotatable bonds is 5. The number of amides is 1. The summed E-state index contributed by atoms with van der Waals surface area (Å²) in [7, 11) is -4.52. The van der Waals surface area contributed by atoms with Crippen LogP contribution in [0.15, 0.2) is 0 Å². The van der Waals surface area contributed by atoms with Gasteiger partial charge in [0.2, 0.25) is 0 Å². The van der Waals surface area contributed by atoms with E-state index in [1.165, 1.54) is 11.6 Å². The summed E-state index contributed by atoms with van der Waals surface area (Å²) in [6, 6.07) is 0. The highest BCUT2D eigenvalue weighted by Gasteiger charge is 2.29. The zero-order valence-corrected chi connectivity index (χ0v) is 8.81. The predicted molar refractivity (Wildman–Crippen MR) is 44.2 cm³/mol. The number of halogens is 3. The van der Waals surface area contributed by atoms with E-state index < -0.39 is 29.1 Å². The highest BCUT2D eigenvalue weighted by molar-refractivity contribution is 7.87. The molecular formula is C5H9F3N2O5S. The number of carbonyl (C=O) groups excluding carboxylic acids is 1. The molecule has 0 spiro atoms. The van der Waals surface area contributed by atoms with Crippen molar-refractivity contribution < 1.29 is 36.0 Å². The van der Waals surface area contributed by atoms with Crippen LogP contribution in [0.2, 0.25) is 0 Å². The molecule has 2 N–H and O–H groups in total. The molecule has 0 aromatic heterocycles. The molecule has 7 nitrogen and oxygen atoms in total. The summed E-state index contributed by atoms with van der Waals surface area (Å²) in [5, 5.41) is 0. The molecule has 0 saturated heterocycles. The minimum Gasteiger partial charge on any atom is -0.449 e. The molecule has 16 heavy (non-hydrogen) atoms. The quantitative estimate of drug-likeness (QED) is 0.686. The van der Waals surface area contributed by atoms with Gasteiger partial charge in [-0.3, -0.25) is 4.84 Å². The minimum absolute atomic E-state index is 0.0925. The van der Waals surface area contributed by atoms with Gasteiger partial charge in [-0.2, -0.15) is 21.6 Å². The van der Waals surface area contributed by atoms with Gasteiger partial charge in [-0.15, -0.1) is 0 Å². The Morgan fingerprint density at radius 2 is 1.94 bits per heavy atom. The molecule has 0 unspecified atom stereocenters. The van der Waals surface area contributed by atoms with Gasteiger partial charge in [-0.1, -0.05) is 4.89 Å². The number of alkyl halides is 3. The van der Waals surface area contributed by atoms with Crippen molar-refractivity contribution in [1.82, 2.24) is 9.61 Å². The van der Waals surface area contributed by atoms with Gasteiger partial charge in [-0.05, 0) is 6.92 Å². The van der Waals surface area contributed by atoms with Crippen molar-refractivity contribution in [3.63, 3.8) is 0 Å². The molecular weight excluding hydrogens is 257 g/mol. The van der Waals surface area contributed by atoms with Crippen LogP contribution < -0.4 is 9.61 Å². The topological polar surface area (TPSA) is 93.7 Å². The smallest absolute Gasteiger partial charge is 0.421 e. The van der Waals surface area contributed by atoms with E-state index in [4.69, 9.17) is 0 Å². The SMILES string of the molecule is CCOC(=O)NS(=O)(=O)NOCC(F)(F)F. The summed E-state index contributed by atoms with van der Waals surface area (Å²) >= 11 is 0. The monoisotopic (exact) mass is 266 g/mol. The number of ether oxygens (including phenoxy) is 1. The molecule has 0 saturated carbocycles. The Kier molecular flexibility index (Phi) is 5.47. The van der Waals surface area contributed by atoms with Gasteiger partial charge in [-0.25, -0.2) is 9.52 Å². The fourth-order valence-electron chi connectivity index (χ4n) is 0.480. The Labute approximate surface area is 89.0 Å². The van der Waals surface area contributed by atoms with Crippen LogP contribution in [-0.4, -0.2) is 33.9 Å². The van der Waals surface area contributed by atoms with E-state index in [1.54, 1.807) is 0 Å². The summed E-state index contributed by atoms with van der Waals surface area (Å²) in [5.74, 6) is 0. The average Bonchev–Trinajstić information content (AvgIpc) is 1.99. The maximum atomic E-state index is 11.5. The number of nitrogens with one attached hydrogen (secondary N) is 2. The molecule has 96 valence electrons. The Balaban J connectivity index is 4.02. The first-order chi connectivity index (χ1) is 7.16. The lowest BCUT2D eigenvalue weighted by Crippen LogP contribution is -2.41. The van der Waals surface area contributed by atoms with E-state index >= 15 is 0 Å². The van der Waals surface area contributed by atoms with Crippen LogP contribution >= 0.6 is 0 Å². The van der Waals surface area contributed by atoms with Gasteiger partial charge in [0.15, 0.2) is 6.61 Å². The minimum atomic E-state index is -4.69. The molecule has 0 aliphatic rings. The largest absolute Gasteiger partial charge is 0.449 e. The first-order valence-electron chi connectivity index (χ1n) is 3.81. The number of carbonyl (C=O) groups is 1. The van der Waals surface area contributed by atoms with E-state index in [-0.39, 0.29) is 6.61 Å². The van der Waals surface area contributed by atoms with Gasteiger partial charge in [0.1, 0.15) is 0 Å². The highest BCUT2D eigenvalue weighted by atomic mass is 32.2. The second kappa shape index (κ2) is 5.86. The maximum Gasteiger partial charge on any atom is 0.421 e. The fraction of sp³-hybridized carbons (Fsp3) is 0.800. The average molecular weight is 266 g/mol. The van der Waals surface area contributed by atoms with Gasteiger partial charge >= 0.3 is 22.5 Å². The van der Waals surface area contributed by atoms with Crippen LogP contribution in [0, 0.1) is 0 Å². The Bertz CT molecular complexity index is 327. The maximum absolute atomic E-state index is 11.5. The van der Waals surface area contributed by atoms with E-state index in [0.717, 1.165) is 4.89 Å². The van der Waals surface area contributed by atoms with Crippen molar-refractivity contribution in [3.05, 3.63) is 0 Å². The molecule has 11 heteroatoms. The highest BCUT2D eigenvalue weighted by Crippen LogP contribution is 2.13. The van der Waals surface area contributed by atoms with E-state index in [9.17, 15) is 26.4 Å². The second-order valence-corrected chi connectivity index (χ2v) is 3.69. The third-order valence-electron chi connectivity index (χ3n) is 0.898. The van der Waals surface area contributed by atoms with Crippen molar-refractivity contribution >= 4 is 16.3 Å². The third kappa shape index (κ3) is 8.26. The molecule has 0 heterocycles. The lowest BCUT2D eigenvalue weighted by molar-refractivity contribution is -0.181. The van der Waals surface area contributed by atoms with E-state index in [1.807, 2.05) is 0 Å². The molecule has 0 fully saturated rings. The van der Waals surface area contributed by atoms with Crippen molar-refractivity contribution in [3.8, 4) is 0 Å². The summed E-state index contributed by atoms with van der Waals surface area (Å²) < 4.78 is 61.6. The molecule has 0 rings (SSSR count). The van der Waals surface area contributed by atoms with Crippen LogP contribution in [0.3, 0.4) is 0 Å². The number of hydrogen-bond acceptors (Lipinski definition) is 5. The molecule has 1 amide bonds. The van der Waals surface area contributed by atoms with E-state index in [2.05, 4.69) is 9.57 Å². The van der Waals surface area contributed by atoms with Crippen molar-refractivity contribution in [2.45, 2.75) is 13.1 Å². The molecule has 0 aliphatic carbocycles. The summed E-state index contributed by atoms with van der Waals surface area (Å²) in [6.07, 6.45) is -6.02. The third-order valence-corrected chi connectivity index (χ3v) is 1.67. The first kappa shape index (κ1) is 14.9. The van der Waals surface area contributed by atoms with Crippen LogP contribution in [0.5, 0.6) is 0 Å². The Morgan fingerprint density at radius 1 is 1.38 bits per heavy atom. The van der Waals surface area contributed by atoms with Crippen molar-refractivity contribution in [1.29, 1.82) is 0 Å². The second-order valence-electron chi connectivity index (χ2n) is 2.31. The number of hydrogen-bond donors (Lipinski definition) is 2. The zero-order chi connectivity index (χ0) is 12.8. The molecule has 0 bridgehead atoms. The van der Waals surface area contributed by atoms with Crippen molar-refractivity contribution in [2.24, 2.45) is 0 Å². The van der Waals surface area contributed by atoms with Crippen LogP contribution in [-0.2, 0) is 19.8 Å². The lowest BCUT2D eigenvalue weighted by atomic mass is 10.7. The van der Waals surface area contributed by atoms with Crippen LogP contribution in [0.25, 0.3) is 0 Å². The van der Waals surface area contributed by atoms with Gasteiger partial charge in [0.25, 0.3) is 0 Å². The zero-order valence-electron chi connectivity index (χ0n) is 8.00. The fourth-order valence-corrected chi connectivity index (χ4v) is 1.01. The standard InChI is InChI=1S/C5H9F3N2O5S/c1-2-14-4(11)9-16(12,13)10-15-3-5(6,7)8/h10H,2-3H2,1H3,(H,9,11). The molecule has 0 radical (unpaired) electrons. The normalized spacial score (nSPS) is 12.2. The molecule has 0 aromatic rings. The first-order valence-corrected chi connectivity index (χ1v) is 5.29. The summed E-state index contributed by atoms with van der Waals surface area (Å²) in [5.41, 5.74) is 0.